The Labute approximate surface area is 107 Å². The monoisotopic (exact) mass is 325 g/mol. The van der Waals surface area contributed by atoms with Crippen LogP contribution in [0, 0.1) is 0 Å². The fourth-order valence-electron chi connectivity index (χ4n) is 1.34. The molecule has 0 spiro atoms. The van der Waals surface area contributed by atoms with Gasteiger partial charge in [0.2, 0.25) is 0 Å². The third-order valence-electron chi connectivity index (χ3n) is 1.96. The molecule has 0 atom stereocenters. The summed E-state index contributed by atoms with van der Waals surface area (Å²) < 4.78 is 41.0. The van der Waals surface area contributed by atoms with Gasteiger partial charge in [-0.05, 0) is 24.3 Å². The number of alkyl halides is 3. The van der Waals surface area contributed by atoms with Crippen LogP contribution >= 0.6 is 27.5 Å². The van der Waals surface area contributed by atoms with E-state index in [2.05, 4.69) is 25.7 Å². The first-order chi connectivity index (χ1) is 7.87. The summed E-state index contributed by atoms with van der Waals surface area (Å²) in [5.41, 5.74) is 0.0594. The van der Waals surface area contributed by atoms with Crippen LogP contribution in [0.2, 0.25) is 5.15 Å². The Hall–Kier alpha value is -1.01. The molecule has 90 valence electrons. The molecule has 0 amide bonds. The number of ether oxygens (including phenoxy) is 1. The normalized spacial score (nSPS) is 11.8. The zero-order valence-electron chi connectivity index (χ0n) is 8.05. The number of pyridine rings is 1. The summed E-state index contributed by atoms with van der Waals surface area (Å²) in [5, 5.41) is 0.596. The van der Waals surface area contributed by atoms with Crippen LogP contribution in [0.4, 0.5) is 13.2 Å². The smallest absolute Gasteiger partial charge is 0.403 e. The second-order valence-electron chi connectivity index (χ2n) is 3.12. The first kappa shape index (κ1) is 12.4. The zero-order valence-corrected chi connectivity index (χ0v) is 10.4. The van der Waals surface area contributed by atoms with Gasteiger partial charge < -0.3 is 4.74 Å². The van der Waals surface area contributed by atoms with Crippen molar-refractivity contribution in [1.82, 2.24) is 4.98 Å². The highest BCUT2D eigenvalue weighted by Gasteiger charge is 2.32. The molecule has 0 aliphatic heterocycles. The van der Waals surface area contributed by atoms with E-state index in [0.29, 0.717) is 9.86 Å². The predicted octanol–water partition coefficient (Wildman–Crippen LogP) is 4.55. The van der Waals surface area contributed by atoms with Crippen molar-refractivity contribution in [3.8, 4) is 5.75 Å². The van der Waals surface area contributed by atoms with E-state index in [1.165, 1.54) is 18.2 Å². The largest absolute Gasteiger partial charge is 0.573 e. The number of halogens is 5. The molecule has 17 heavy (non-hydrogen) atoms. The molecular weight excluding hydrogens is 322 g/mol. The standard InChI is InChI=1S/C10H4BrClF3NO/c11-6-2-3-7(17-10(13,14)15)9-5(6)1-4-8(12)16-9/h1-4H. The van der Waals surface area contributed by atoms with Crippen molar-refractivity contribution in [2.75, 3.05) is 0 Å². The van der Waals surface area contributed by atoms with E-state index in [1.54, 1.807) is 6.07 Å². The van der Waals surface area contributed by atoms with Crippen molar-refractivity contribution >= 4 is 38.4 Å². The predicted molar refractivity (Wildman–Crippen MR) is 61.1 cm³/mol. The molecule has 0 bridgehead atoms. The topological polar surface area (TPSA) is 22.1 Å². The van der Waals surface area contributed by atoms with Crippen LogP contribution in [0.25, 0.3) is 10.9 Å². The van der Waals surface area contributed by atoms with Gasteiger partial charge in [0.05, 0.1) is 0 Å². The van der Waals surface area contributed by atoms with Crippen molar-refractivity contribution in [3.63, 3.8) is 0 Å². The Bertz CT molecular complexity index is 573. The number of hydrogen-bond acceptors (Lipinski definition) is 2. The number of aromatic nitrogens is 1. The minimum absolute atomic E-state index is 0.0594. The van der Waals surface area contributed by atoms with Crippen molar-refractivity contribution < 1.29 is 17.9 Å². The van der Waals surface area contributed by atoms with E-state index >= 15 is 0 Å². The first-order valence-corrected chi connectivity index (χ1v) is 5.54. The molecule has 0 fully saturated rings. The Kier molecular flexibility index (Phi) is 3.18. The maximum absolute atomic E-state index is 12.2. The van der Waals surface area contributed by atoms with Gasteiger partial charge in [-0.3, -0.25) is 0 Å². The maximum atomic E-state index is 12.2. The van der Waals surface area contributed by atoms with E-state index in [-0.39, 0.29) is 16.4 Å². The fraction of sp³-hybridized carbons (Fsp3) is 0.100. The second-order valence-corrected chi connectivity index (χ2v) is 4.37. The molecule has 0 N–H and O–H groups in total. The van der Waals surface area contributed by atoms with Crippen LogP contribution < -0.4 is 4.74 Å². The molecule has 1 heterocycles. The molecule has 0 aliphatic rings. The van der Waals surface area contributed by atoms with Crippen LogP contribution in [-0.4, -0.2) is 11.3 Å². The van der Waals surface area contributed by atoms with Crippen molar-refractivity contribution in [2.24, 2.45) is 0 Å². The number of benzene rings is 1. The minimum Gasteiger partial charge on any atom is -0.403 e. The highest BCUT2D eigenvalue weighted by molar-refractivity contribution is 9.10. The summed E-state index contributed by atoms with van der Waals surface area (Å²) in [6, 6.07) is 5.70. The molecule has 1 aromatic carbocycles. The van der Waals surface area contributed by atoms with Gasteiger partial charge in [0.15, 0.2) is 5.75 Å². The van der Waals surface area contributed by atoms with E-state index in [0.717, 1.165) is 0 Å². The van der Waals surface area contributed by atoms with Gasteiger partial charge in [-0.2, -0.15) is 0 Å². The lowest BCUT2D eigenvalue weighted by molar-refractivity contribution is -0.274. The quantitative estimate of drug-likeness (QED) is 0.717. The molecule has 0 saturated carbocycles. The van der Waals surface area contributed by atoms with E-state index in [4.69, 9.17) is 11.6 Å². The summed E-state index contributed by atoms with van der Waals surface area (Å²) >= 11 is 8.87. The number of fused-ring (bicyclic) bond motifs is 1. The number of hydrogen-bond donors (Lipinski definition) is 0. The summed E-state index contributed by atoms with van der Waals surface area (Å²) in [6.45, 7) is 0. The van der Waals surface area contributed by atoms with E-state index < -0.39 is 6.36 Å². The summed E-state index contributed by atoms with van der Waals surface area (Å²) in [7, 11) is 0. The Balaban J connectivity index is 2.64. The van der Waals surface area contributed by atoms with E-state index in [9.17, 15) is 13.2 Å². The average molecular weight is 326 g/mol. The molecule has 2 rings (SSSR count). The molecule has 0 unspecified atom stereocenters. The van der Waals surface area contributed by atoms with Gasteiger partial charge in [0.1, 0.15) is 10.7 Å². The Morgan fingerprint density at radius 3 is 2.53 bits per heavy atom. The van der Waals surface area contributed by atoms with Gasteiger partial charge in [0, 0.05) is 9.86 Å². The van der Waals surface area contributed by atoms with Gasteiger partial charge in [-0.1, -0.05) is 27.5 Å². The lowest BCUT2D eigenvalue weighted by Gasteiger charge is -2.11. The van der Waals surface area contributed by atoms with Crippen LogP contribution in [0.15, 0.2) is 28.7 Å². The fourth-order valence-corrected chi connectivity index (χ4v) is 1.94. The average Bonchev–Trinajstić information content (AvgIpc) is 2.20. The van der Waals surface area contributed by atoms with Crippen molar-refractivity contribution in [2.45, 2.75) is 6.36 Å². The van der Waals surface area contributed by atoms with Gasteiger partial charge >= 0.3 is 6.36 Å². The number of nitrogens with zero attached hydrogens (tertiary/aromatic N) is 1. The highest BCUT2D eigenvalue weighted by Crippen LogP contribution is 2.34. The number of rotatable bonds is 1. The summed E-state index contributed by atoms with van der Waals surface area (Å²) in [4.78, 5) is 3.83. The SMILES string of the molecule is FC(F)(F)Oc1ccc(Br)c2ccc(Cl)nc12. The highest BCUT2D eigenvalue weighted by atomic mass is 79.9. The molecular formula is C10H4BrClF3NO. The van der Waals surface area contributed by atoms with Gasteiger partial charge in [-0.25, -0.2) is 4.98 Å². The summed E-state index contributed by atoms with van der Waals surface area (Å²) in [6.07, 6.45) is -4.76. The van der Waals surface area contributed by atoms with Crippen molar-refractivity contribution in [3.05, 3.63) is 33.9 Å². The van der Waals surface area contributed by atoms with Crippen LogP contribution in [0.1, 0.15) is 0 Å². The van der Waals surface area contributed by atoms with Crippen LogP contribution in [-0.2, 0) is 0 Å². The van der Waals surface area contributed by atoms with Crippen molar-refractivity contribution in [1.29, 1.82) is 0 Å². The lowest BCUT2D eigenvalue weighted by Crippen LogP contribution is -2.17. The second kappa shape index (κ2) is 4.34. The molecule has 0 radical (unpaired) electrons. The molecule has 1 aromatic heterocycles. The van der Waals surface area contributed by atoms with E-state index in [1.807, 2.05) is 0 Å². The molecule has 0 saturated heterocycles. The molecule has 0 aliphatic carbocycles. The van der Waals surface area contributed by atoms with Gasteiger partial charge in [-0.15, -0.1) is 13.2 Å². The van der Waals surface area contributed by atoms with Gasteiger partial charge in [0.25, 0.3) is 0 Å². The third kappa shape index (κ3) is 2.81. The molecule has 7 heteroatoms. The third-order valence-corrected chi connectivity index (χ3v) is 2.86. The van der Waals surface area contributed by atoms with Crippen LogP contribution in [0.3, 0.4) is 0 Å². The first-order valence-electron chi connectivity index (χ1n) is 4.37. The van der Waals surface area contributed by atoms with Crippen LogP contribution in [0.5, 0.6) is 5.75 Å². The minimum atomic E-state index is -4.76. The lowest BCUT2D eigenvalue weighted by atomic mass is 10.2. The summed E-state index contributed by atoms with van der Waals surface area (Å²) in [5.74, 6) is -0.377. The Morgan fingerprint density at radius 2 is 1.88 bits per heavy atom. The Morgan fingerprint density at radius 1 is 1.18 bits per heavy atom. The zero-order chi connectivity index (χ0) is 12.6. The molecule has 2 aromatic rings. The maximum Gasteiger partial charge on any atom is 0.573 e. The molecule has 2 nitrogen and oxygen atoms in total.